The van der Waals surface area contributed by atoms with Gasteiger partial charge in [0.1, 0.15) is 35.1 Å². The van der Waals surface area contributed by atoms with Gasteiger partial charge in [-0.05, 0) is 53.6 Å². The zero-order valence-electron chi connectivity index (χ0n) is 20.9. The van der Waals surface area contributed by atoms with Crippen LogP contribution in [0.25, 0.3) is 26.4 Å². The first-order valence-electron chi connectivity index (χ1n) is 12.1. The molecule has 0 fully saturated rings. The zero-order chi connectivity index (χ0) is 27.2. The number of halogens is 2. The molecule has 10 heteroatoms. The first-order chi connectivity index (χ1) is 19.0. The molecule has 1 amide bonds. The number of hydrogen-bond donors (Lipinski definition) is 2. The van der Waals surface area contributed by atoms with Gasteiger partial charge in [0.15, 0.2) is 0 Å². The van der Waals surface area contributed by atoms with Gasteiger partial charge in [-0.2, -0.15) is 0 Å². The summed E-state index contributed by atoms with van der Waals surface area (Å²) in [5.41, 5.74) is 2.35. The summed E-state index contributed by atoms with van der Waals surface area (Å²) in [6.45, 7) is 1.12. The van der Waals surface area contributed by atoms with E-state index in [0.717, 1.165) is 31.6 Å². The fourth-order valence-electron chi connectivity index (χ4n) is 3.95. The van der Waals surface area contributed by atoms with Crippen LogP contribution in [0.3, 0.4) is 0 Å². The first kappa shape index (κ1) is 26.6. The second-order valence-electron chi connectivity index (χ2n) is 8.57. The third kappa shape index (κ3) is 6.51. The highest BCUT2D eigenvalue weighted by Crippen LogP contribution is 2.38. The van der Waals surface area contributed by atoms with Crippen LogP contribution in [-0.2, 0) is 16.1 Å². The third-order valence-electron chi connectivity index (χ3n) is 5.80. The molecule has 0 aliphatic carbocycles. The van der Waals surface area contributed by atoms with E-state index in [1.165, 1.54) is 24.5 Å². The van der Waals surface area contributed by atoms with Gasteiger partial charge in [0, 0.05) is 35.5 Å². The quantitative estimate of drug-likeness (QED) is 0.145. The summed E-state index contributed by atoms with van der Waals surface area (Å²) in [6.07, 6.45) is 4.80. The molecule has 198 valence electrons. The Balaban J connectivity index is 1.33. The fraction of sp³-hybridized carbons (Fsp3) is 0.138. The summed E-state index contributed by atoms with van der Waals surface area (Å²) in [5, 5.41) is 8.42. The topological polar surface area (TPSA) is 85.4 Å². The van der Waals surface area contributed by atoms with E-state index >= 15 is 0 Å². The van der Waals surface area contributed by atoms with Gasteiger partial charge in [0.25, 0.3) is 0 Å². The van der Waals surface area contributed by atoms with Crippen molar-refractivity contribution in [3.8, 4) is 5.75 Å². The number of nitrogens with one attached hydrogen (secondary N) is 2. The standard InChI is InChI=1S/C29H24ClFN4O3S/c1-37-12-11-32-26(36)10-6-18-5-8-22-25(14-18)39-29-27(22)28(33-17-34-29)35-21-7-9-24(23(30)15-21)38-16-19-3-2-4-20(31)13-19/h2-10,13-15,17H,11-12,16H2,1H3,(H,32,36)(H,33,34,35)/b10-6+. The lowest BCUT2D eigenvalue weighted by atomic mass is 10.1. The summed E-state index contributed by atoms with van der Waals surface area (Å²) < 4.78 is 25.2. The van der Waals surface area contributed by atoms with Crippen LogP contribution >= 0.6 is 22.9 Å². The van der Waals surface area contributed by atoms with E-state index in [4.69, 9.17) is 21.1 Å². The predicted molar refractivity (Wildman–Crippen MR) is 154 cm³/mol. The third-order valence-corrected chi connectivity index (χ3v) is 7.16. The highest BCUT2D eigenvalue weighted by atomic mass is 35.5. The molecule has 7 nitrogen and oxygen atoms in total. The molecule has 2 aromatic heterocycles. The van der Waals surface area contributed by atoms with E-state index in [-0.39, 0.29) is 18.3 Å². The molecule has 0 radical (unpaired) electrons. The second kappa shape index (κ2) is 12.2. The molecule has 0 saturated heterocycles. The number of hydrogen-bond acceptors (Lipinski definition) is 7. The van der Waals surface area contributed by atoms with Crippen molar-refractivity contribution >= 4 is 66.7 Å². The highest BCUT2D eigenvalue weighted by Gasteiger charge is 2.13. The van der Waals surface area contributed by atoms with Crippen molar-refractivity contribution in [2.24, 2.45) is 0 Å². The number of rotatable bonds is 10. The number of carbonyl (C=O) groups is 1. The summed E-state index contributed by atoms with van der Waals surface area (Å²) in [5.74, 6) is 0.655. The molecule has 0 aliphatic heterocycles. The molecular formula is C29H24ClFN4O3S. The number of anilines is 2. The smallest absolute Gasteiger partial charge is 0.244 e. The first-order valence-corrected chi connectivity index (χ1v) is 13.3. The Bertz CT molecular complexity index is 1670. The molecular weight excluding hydrogens is 539 g/mol. The number of aromatic nitrogens is 2. The molecule has 39 heavy (non-hydrogen) atoms. The fourth-order valence-corrected chi connectivity index (χ4v) is 5.28. The number of amides is 1. The van der Waals surface area contributed by atoms with Crippen molar-refractivity contribution in [3.05, 3.63) is 95.0 Å². The molecule has 0 saturated carbocycles. The Labute approximate surface area is 233 Å². The van der Waals surface area contributed by atoms with Gasteiger partial charge in [-0.1, -0.05) is 35.9 Å². The second-order valence-corrected chi connectivity index (χ2v) is 10.0. The van der Waals surface area contributed by atoms with Crippen LogP contribution in [0.2, 0.25) is 5.02 Å². The largest absolute Gasteiger partial charge is 0.487 e. The molecule has 5 aromatic rings. The molecule has 3 aromatic carbocycles. The van der Waals surface area contributed by atoms with Crippen LogP contribution in [-0.4, -0.2) is 36.1 Å². The van der Waals surface area contributed by atoms with E-state index in [1.807, 2.05) is 24.3 Å². The van der Waals surface area contributed by atoms with Crippen molar-refractivity contribution in [1.82, 2.24) is 15.3 Å². The maximum atomic E-state index is 13.4. The Kier molecular flexibility index (Phi) is 8.31. The number of methoxy groups -OCH3 is 1. The molecule has 0 atom stereocenters. The van der Waals surface area contributed by atoms with Crippen molar-refractivity contribution in [3.63, 3.8) is 0 Å². The van der Waals surface area contributed by atoms with E-state index < -0.39 is 0 Å². The molecule has 0 spiro atoms. The minimum atomic E-state index is -0.312. The molecule has 2 N–H and O–H groups in total. The Morgan fingerprint density at radius 3 is 2.85 bits per heavy atom. The summed E-state index contributed by atoms with van der Waals surface area (Å²) in [6, 6.07) is 17.6. The van der Waals surface area contributed by atoms with E-state index in [1.54, 1.807) is 48.8 Å². The van der Waals surface area contributed by atoms with E-state index in [2.05, 4.69) is 20.6 Å². The van der Waals surface area contributed by atoms with Crippen LogP contribution < -0.4 is 15.4 Å². The minimum absolute atomic E-state index is 0.176. The van der Waals surface area contributed by atoms with E-state index in [0.29, 0.717) is 35.3 Å². The lowest BCUT2D eigenvalue weighted by Gasteiger charge is -2.11. The van der Waals surface area contributed by atoms with Crippen molar-refractivity contribution in [1.29, 1.82) is 0 Å². The lowest BCUT2D eigenvalue weighted by Crippen LogP contribution is -2.24. The van der Waals surface area contributed by atoms with Crippen molar-refractivity contribution in [2.75, 3.05) is 25.6 Å². The van der Waals surface area contributed by atoms with Gasteiger partial charge < -0.3 is 20.1 Å². The molecule has 5 rings (SSSR count). The number of fused-ring (bicyclic) bond motifs is 3. The number of thiophene rings is 1. The molecule has 0 bridgehead atoms. The molecule has 2 heterocycles. The van der Waals surface area contributed by atoms with Gasteiger partial charge in [-0.25, -0.2) is 14.4 Å². The summed E-state index contributed by atoms with van der Waals surface area (Å²) in [4.78, 5) is 21.7. The number of carbonyl (C=O) groups excluding carboxylic acids is 1. The lowest BCUT2D eigenvalue weighted by molar-refractivity contribution is -0.116. The zero-order valence-corrected chi connectivity index (χ0v) is 22.5. The Morgan fingerprint density at radius 1 is 1.13 bits per heavy atom. The highest BCUT2D eigenvalue weighted by molar-refractivity contribution is 7.25. The molecule has 0 aliphatic rings. The van der Waals surface area contributed by atoms with E-state index in [9.17, 15) is 9.18 Å². The number of nitrogens with zero attached hydrogens (tertiary/aromatic N) is 2. The van der Waals surface area contributed by atoms with Crippen LogP contribution in [0.1, 0.15) is 11.1 Å². The van der Waals surface area contributed by atoms with Crippen LogP contribution in [0, 0.1) is 5.82 Å². The van der Waals surface area contributed by atoms with Gasteiger partial charge >= 0.3 is 0 Å². The Morgan fingerprint density at radius 2 is 2.03 bits per heavy atom. The maximum absolute atomic E-state index is 13.4. The van der Waals surface area contributed by atoms with Gasteiger partial charge in [-0.15, -0.1) is 11.3 Å². The van der Waals surface area contributed by atoms with Gasteiger partial charge in [0.05, 0.1) is 17.0 Å². The Hall–Kier alpha value is -4.05. The van der Waals surface area contributed by atoms with Crippen molar-refractivity contribution in [2.45, 2.75) is 6.61 Å². The van der Waals surface area contributed by atoms with Gasteiger partial charge in [0.2, 0.25) is 5.91 Å². The monoisotopic (exact) mass is 562 g/mol. The van der Waals surface area contributed by atoms with Crippen LogP contribution in [0.15, 0.2) is 73.1 Å². The maximum Gasteiger partial charge on any atom is 0.244 e. The number of ether oxygens (including phenoxy) is 2. The van der Waals surface area contributed by atoms with Crippen LogP contribution in [0.5, 0.6) is 5.75 Å². The summed E-state index contributed by atoms with van der Waals surface area (Å²) >= 11 is 8.03. The average molecular weight is 563 g/mol. The minimum Gasteiger partial charge on any atom is -0.487 e. The predicted octanol–water partition coefficient (Wildman–Crippen LogP) is 6.74. The van der Waals surface area contributed by atoms with Crippen LogP contribution in [0.4, 0.5) is 15.9 Å². The number of benzene rings is 3. The van der Waals surface area contributed by atoms with Crippen molar-refractivity contribution < 1.29 is 18.7 Å². The van der Waals surface area contributed by atoms with Gasteiger partial charge in [-0.3, -0.25) is 4.79 Å². The average Bonchev–Trinajstić information content (AvgIpc) is 3.30. The molecule has 0 unspecified atom stereocenters. The summed E-state index contributed by atoms with van der Waals surface area (Å²) in [7, 11) is 1.59. The normalized spacial score (nSPS) is 11.4. The SMILES string of the molecule is COCCNC(=O)/C=C/c1ccc2c(c1)sc1ncnc(Nc3ccc(OCc4cccc(F)c4)c(Cl)c3)c12.